The van der Waals surface area contributed by atoms with Crippen molar-refractivity contribution in [3.05, 3.63) is 211 Å². The van der Waals surface area contributed by atoms with Crippen LogP contribution in [-0.2, 0) is 0 Å². The van der Waals surface area contributed by atoms with Crippen LogP contribution in [0.25, 0.3) is 105 Å². The van der Waals surface area contributed by atoms with Crippen molar-refractivity contribution in [3.63, 3.8) is 0 Å². The first-order chi connectivity index (χ1) is 42.9. The third-order valence-corrected chi connectivity index (χ3v) is 9.34. The Hall–Kier alpha value is -7.62. The monoisotopic (exact) mass is 761 g/mol. The van der Waals surface area contributed by atoms with Crippen LogP contribution in [0.2, 0.25) is 0 Å². The molecule has 0 N–H and O–H groups in total. The summed E-state index contributed by atoms with van der Waals surface area (Å²) in [5, 5.41) is -4.15. The van der Waals surface area contributed by atoms with Gasteiger partial charge in [-0.15, -0.1) is 0 Å². The summed E-state index contributed by atoms with van der Waals surface area (Å²) in [4.78, 5) is 0. The van der Waals surface area contributed by atoms with E-state index in [0.29, 0.717) is 9.13 Å². The third-order valence-electron chi connectivity index (χ3n) is 9.34. The largest absolute Gasteiger partial charge is 0.309 e. The van der Waals surface area contributed by atoms with Crippen LogP contribution in [0.3, 0.4) is 0 Å². The van der Waals surface area contributed by atoms with Gasteiger partial charge in [-0.3, -0.25) is 0 Å². The van der Waals surface area contributed by atoms with E-state index in [1.807, 2.05) is 0 Å². The summed E-state index contributed by atoms with van der Waals surface area (Å²) < 4.78 is 323. The van der Waals surface area contributed by atoms with Gasteiger partial charge in [-0.1, -0.05) is 145 Å². The molecule has 0 aliphatic rings. The van der Waals surface area contributed by atoms with Crippen LogP contribution in [0.4, 0.5) is 0 Å². The van der Waals surface area contributed by atoms with Crippen molar-refractivity contribution in [1.82, 2.24) is 13.7 Å². The minimum absolute atomic E-state index is 0.555. The van der Waals surface area contributed by atoms with E-state index in [0.717, 1.165) is 4.57 Å². The maximum Gasteiger partial charge on any atom is 0.0651 e. The average molecular weight is 761 g/mol. The molecule has 266 valence electrons. The van der Waals surface area contributed by atoms with Crippen molar-refractivity contribution in [2.24, 2.45) is 0 Å². The Bertz CT molecular complexity index is 5480. The lowest BCUT2D eigenvalue weighted by atomic mass is 9.99. The topological polar surface area (TPSA) is 14.8 Å². The number of nitrogens with zero attached hydrogens (tertiary/aromatic N) is 3. The number of hydrogen-bond donors (Lipinski definition) is 0. The maximum atomic E-state index is 9.97. The molecule has 9 aromatic carbocycles. The van der Waals surface area contributed by atoms with Gasteiger partial charge in [-0.2, -0.15) is 0 Å². The van der Waals surface area contributed by atoms with Crippen LogP contribution < -0.4 is 0 Å². The van der Waals surface area contributed by atoms with Crippen molar-refractivity contribution in [2.75, 3.05) is 0 Å². The molecule has 12 rings (SSSR count). The van der Waals surface area contributed by atoms with Gasteiger partial charge in [0.15, 0.2) is 0 Å². The maximum absolute atomic E-state index is 9.97. The van der Waals surface area contributed by atoms with E-state index in [4.69, 9.17) is 24.7 Å². The Labute approximate surface area is 378 Å². The molecule has 0 atom stereocenters. The highest BCUT2D eigenvalue weighted by Gasteiger charge is 2.22. The molecule has 3 heteroatoms. The normalized spacial score (nSPS) is 20.5. The van der Waals surface area contributed by atoms with E-state index in [1.54, 1.807) is 0 Å². The third kappa shape index (κ3) is 4.73. The number of para-hydroxylation sites is 4. The van der Waals surface area contributed by atoms with Gasteiger partial charge >= 0.3 is 0 Å². The molecule has 3 aromatic heterocycles. The summed E-state index contributed by atoms with van der Waals surface area (Å²) in [5.74, 6) is 0. The average Bonchev–Trinajstić information content (AvgIpc) is 1.49. The van der Waals surface area contributed by atoms with E-state index in [-0.39, 0.29) is 0 Å². The lowest BCUT2D eigenvalue weighted by Crippen LogP contribution is -1.98. The first-order valence-electron chi connectivity index (χ1n) is 34.3. The summed E-state index contributed by atoms with van der Waals surface area (Å²) in [5.41, 5.74) is -11.2. The van der Waals surface area contributed by atoms with Gasteiger partial charge < -0.3 is 13.7 Å². The summed E-state index contributed by atoms with van der Waals surface area (Å²) in [7, 11) is 0. The fraction of sp³-hybridized carbons (Fsp3) is 0. The molecule has 0 saturated heterocycles. The molecule has 3 nitrogen and oxygen atoms in total. The highest BCUT2D eigenvalue weighted by molar-refractivity contribution is 6.19. The summed E-state index contributed by atoms with van der Waals surface area (Å²) in [6.45, 7) is 0. The quantitative estimate of drug-likeness (QED) is 0.166. The first kappa shape index (κ1) is 12.7. The molecule has 0 spiro atoms. The zero-order valence-electron chi connectivity index (χ0n) is 63.3. The lowest BCUT2D eigenvalue weighted by molar-refractivity contribution is 1.17. The molecular weight excluding hydrogens is 691 g/mol. The summed E-state index contributed by atoms with van der Waals surface area (Å²) in [6.07, 6.45) is 0. The number of fused-ring (bicyclic) bond motifs is 9. The van der Waals surface area contributed by atoms with Crippen LogP contribution in [0.15, 0.2) is 211 Å². The molecule has 0 aliphatic carbocycles. The van der Waals surface area contributed by atoms with Gasteiger partial charge in [0.05, 0.1) is 92.5 Å². The fourth-order valence-electron chi connectivity index (χ4n) is 7.08. The molecule has 0 fully saturated rings. The molecule has 12 aromatic rings. The molecule has 3 heterocycles. The van der Waals surface area contributed by atoms with Crippen molar-refractivity contribution in [1.29, 1.82) is 0 Å². The lowest BCUT2D eigenvalue weighted by Gasteiger charge is -2.13. The van der Waals surface area contributed by atoms with Crippen LogP contribution >= 0.6 is 0 Å². The zero-order chi connectivity index (χ0) is 67.9. The highest BCUT2D eigenvalue weighted by atomic mass is 15.0. The van der Waals surface area contributed by atoms with Crippen molar-refractivity contribution in [3.8, 4) is 39.3 Å². The van der Waals surface area contributed by atoms with E-state index >= 15 is 0 Å². The van der Waals surface area contributed by atoms with Gasteiger partial charge in [0, 0.05) is 38.0 Å². The number of aromatic nitrogens is 3. The standard InChI is InChI=1S/C54H35N3/c1-2-16-36(17-3-1)37-18-12-19-38(34-37)39-20-13-21-40(35-39)55-47-28-10-6-24-43(47)53-49(55)30-14-32-51(53)57-48-29-11-7-25-44(48)54-50(31-15-33-52(54)57)56-45-26-8-4-22-41(45)42-23-5-9-27-46(42)56/h1-35H/i1D,2D,3D,4D,5D,6D,7D,8D,9D,10D,11D,12D,13D,14D,15D,16D,17D,18D,19D,20D,21D,22D,23D,24D,25D,26D,27D,28D,29D,30D,31D,32D,33D,34D,35D. The highest BCUT2D eigenvalue weighted by Crippen LogP contribution is 2.43. The van der Waals surface area contributed by atoms with Gasteiger partial charge in [0.25, 0.3) is 0 Å². The van der Waals surface area contributed by atoms with E-state index in [2.05, 4.69) is 0 Å². The van der Waals surface area contributed by atoms with E-state index in [1.165, 1.54) is 0 Å². The summed E-state index contributed by atoms with van der Waals surface area (Å²) in [6, 6.07) is -36.3. The van der Waals surface area contributed by atoms with Gasteiger partial charge in [0.2, 0.25) is 0 Å². The van der Waals surface area contributed by atoms with Crippen molar-refractivity contribution < 1.29 is 48.0 Å². The number of rotatable bonds is 5. The Morgan fingerprint density at radius 2 is 0.632 bits per heavy atom. The van der Waals surface area contributed by atoms with Crippen LogP contribution in [0.1, 0.15) is 48.0 Å². The molecule has 0 unspecified atom stereocenters. The summed E-state index contributed by atoms with van der Waals surface area (Å²) >= 11 is 0. The molecule has 0 amide bonds. The Balaban J connectivity index is 1.35. The molecule has 57 heavy (non-hydrogen) atoms. The molecule has 0 radical (unpaired) electrons. The molecule has 0 saturated carbocycles. The van der Waals surface area contributed by atoms with Crippen LogP contribution in [0, 0.1) is 0 Å². The predicted octanol–water partition coefficient (Wildman–Crippen LogP) is 14.3. The Kier molecular flexibility index (Phi) is 2.78. The second-order valence-corrected chi connectivity index (χ2v) is 12.3. The number of benzene rings is 9. The fourth-order valence-corrected chi connectivity index (χ4v) is 7.08. The van der Waals surface area contributed by atoms with Crippen LogP contribution in [0.5, 0.6) is 0 Å². The minimum Gasteiger partial charge on any atom is -0.309 e. The predicted molar refractivity (Wildman–Crippen MR) is 240 cm³/mol. The van der Waals surface area contributed by atoms with Crippen LogP contribution in [-0.4, -0.2) is 13.7 Å². The van der Waals surface area contributed by atoms with Gasteiger partial charge in [-0.25, -0.2) is 0 Å². The van der Waals surface area contributed by atoms with Crippen molar-refractivity contribution >= 4 is 65.4 Å². The zero-order valence-corrected chi connectivity index (χ0v) is 28.3. The van der Waals surface area contributed by atoms with E-state index in [9.17, 15) is 23.3 Å². The smallest absolute Gasteiger partial charge is 0.0651 e. The van der Waals surface area contributed by atoms with Gasteiger partial charge in [-0.05, 0) is 88.7 Å². The van der Waals surface area contributed by atoms with Gasteiger partial charge in [0.1, 0.15) is 0 Å². The Morgan fingerprint density at radius 3 is 1.23 bits per heavy atom. The molecule has 0 aliphatic heterocycles. The van der Waals surface area contributed by atoms with E-state index < -0.39 is 316 Å². The Morgan fingerprint density at radius 1 is 0.263 bits per heavy atom. The molecule has 0 bridgehead atoms. The second-order valence-electron chi connectivity index (χ2n) is 12.3. The number of hydrogen-bond acceptors (Lipinski definition) is 0. The first-order valence-corrected chi connectivity index (χ1v) is 16.8. The SMILES string of the molecule is [2H]c1c([2H])c([2H])c(-c2c([2H])c([2H])c([2H])c(-c3c([2H])c([2H])c([2H])c(-n4c5c([2H])c([2H])c([2H])c([2H])c5c5c(-n6c7c([2H])c([2H])c([2H])c([2H])c7c7c(-n8c9c([2H])c([2H])c([2H])c([2H])c9c9c([2H])c([2H])c([2H])c([2H])c98)c([2H])c([2H])c([2H])c76)c([2H])c([2H])c([2H])c54)c3[2H])c2[2H])c([2H])c1[2H]. The van der Waals surface area contributed by atoms with Crippen molar-refractivity contribution in [2.45, 2.75) is 0 Å². The minimum atomic E-state index is -1.22. The molecular formula is C54H35N3. The second kappa shape index (κ2) is 12.5.